The van der Waals surface area contributed by atoms with Crippen LogP contribution in [0.2, 0.25) is 0 Å². The second-order valence-electron chi connectivity index (χ2n) is 7.33. The van der Waals surface area contributed by atoms with Crippen molar-refractivity contribution in [3.05, 3.63) is 0 Å². The van der Waals surface area contributed by atoms with Gasteiger partial charge in [0.1, 0.15) is 0 Å². The minimum atomic E-state index is 0.116. The highest BCUT2D eigenvalue weighted by Gasteiger charge is 2.33. The van der Waals surface area contributed by atoms with Crippen molar-refractivity contribution in [3.8, 4) is 0 Å². The molecule has 2 amide bonds. The van der Waals surface area contributed by atoms with E-state index in [4.69, 9.17) is 4.74 Å². The minimum Gasteiger partial charge on any atom is -0.378 e. The predicted octanol–water partition coefficient (Wildman–Crippen LogP) is 2.10. The molecule has 5 nitrogen and oxygen atoms in total. The first-order valence-electron chi connectivity index (χ1n) is 9.41. The Labute approximate surface area is 139 Å². The summed E-state index contributed by atoms with van der Waals surface area (Å²) in [6.07, 6.45) is 9.50. The molecule has 0 aromatic carbocycles. The van der Waals surface area contributed by atoms with Crippen molar-refractivity contribution >= 4 is 11.8 Å². The Bertz CT molecular complexity index is 406. The van der Waals surface area contributed by atoms with E-state index >= 15 is 0 Å². The second kappa shape index (κ2) is 8.13. The van der Waals surface area contributed by atoms with Crippen LogP contribution in [0.1, 0.15) is 57.8 Å². The maximum absolute atomic E-state index is 12.5. The van der Waals surface area contributed by atoms with Gasteiger partial charge in [0.15, 0.2) is 0 Å². The Hall–Kier alpha value is -1.10. The largest absolute Gasteiger partial charge is 0.378 e. The summed E-state index contributed by atoms with van der Waals surface area (Å²) in [5.41, 5.74) is 0. The molecule has 0 radical (unpaired) electrons. The molecular formula is C18H30N2O3. The number of hydrogen-bond acceptors (Lipinski definition) is 3. The number of morpholine rings is 1. The fraction of sp³-hybridized carbons (Fsp3) is 0.889. The SMILES string of the molecule is O=C(NC1CCCCC1)C1CCC(C(=O)N2CCOCC2)CC1. The lowest BCUT2D eigenvalue weighted by Gasteiger charge is -2.34. The minimum absolute atomic E-state index is 0.116. The van der Waals surface area contributed by atoms with Gasteiger partial charge in [-0.15, -0.1) is 0 Å². The molecule has 130 valence electrons. The fourth-order valence-corrected chi connectivity index (χ4v) is 4.21. The van der Waals surface area contributed by atoms with E-state index in [0.29, 0.717) is 19.3 Å². The van der Waals surface area contributed by atoms with Crippen molar-refractivity contribution in [2.45, 2.75) is 63.8 Å². The summed E-state index contributed by atoms with van der Waals surface area (Å²) in [5.74, 6) is 0.742. The molecule has 3 aliphatic rings. The normalized spacial score (nSPS) is 30.0. The van der Waals surface area contributed by atoms with Crippen molar-refractivity contribution in [1.82, 2.24) is 10.2 Å². The molecule has 0 unspecified atom stereocenters. The first-order chi connectivity index (χ1) is 11.2. The van der Waals surface area contributed by atoms with Gasteiger partial charge in [-0.25, -0.2) is 0 Å². The van der Waals surface area contributed by atoms with Crippen molar-refractivity contribution < 1.29 is 14.3 Å². The van der Waals surface area contributed by atoms with Crippen LogP contribution in [-0.4, -0.2) is 49.1 Å². The smallest absolute Gasteiger partial charge is 0.225 e. The Morgan fingerprint density at radius 3 is 2.09 bits per heavy atom. The monoisotopic (exact) mass is 322 g/mol. The van der Waals surface area contributed by atoms with E-state index in [1.54, 1.807) is 0 Å². The zero-order valence-electron chi connectivity index (χ0n) is 14.1. The zero-order valence-corrected chi connectivity index (χ0v) is 14.1. The maximum Gasteiger partial charge on any atom is 0.225 e. The first kappa shape index (κ1) is 16.7. The molecule has 3 rings (SSSR count). The van der Waals surface area contributed by atoms with Crippen LogP contribution in [0.3, 0.4) is 0 Å². The number of nitrogens with one attached hydrogen (secondary N) is 1. The third-order valence-electron chi connectivity index (χ3n) is 5.72. The summed E-state index contributed by atoms with van der Waals surface area (Å²) in [6.45, 7) is 2.76. The molecule has 2 aliphatic carbocycles. The molecule has 0 bridgehead atoms. The number of carbonyl (C=O) groups is 2. The molecule has 1 N–H and O–H groups in total. The quantitative estimate of drug-likeness (QED) is 0.866. The van der Waals surface area contributed by atoms with Crippen molar-refractivity contribution in [3.63, 3.8) is 0 Å². The molecular weight excluding hydrogens is 292 g/mol. The van der Waals surface area contributed by atoms with Gasteiger partial charge in [-0.3, -0.25) is 9.59 Å². The van der Waals surface area contributed by atoms with Gasteiger partial charge in [-0.2, -0.15) is 0 Å². The third kappa shape index (κ3) is 4.46. The summed E-state index contributed by atoms with van der Waals surface area (Å²) in [5, 5.41) is 3.25. The predicted molar refractivity (Wildman–Crippen MR) is 87.9 cm³/mol. The summed E-state index contributed by atoms with van der Waals surface area (Å²) in [6, 6.07) is 0.393. The molecule has 2 saturated carbocycles. The molecule has 0 atom stereocenters. The van der Waals surface area contributed by atoms with Crippen LogP contribution in [0.25, 0.3) is 0 Å². The Morgan fingerprint density at radius 1 is 0.826 bits per heavy atom. The summed E-state index contributed by atoms with van der Waals surface area (Å²) in [4.78, 5) is 26.9. The van der Waals surface area contributed by atoms with E-state index in [-0.39, 0.29) is 23.7 Å². The standard InChI is InChI=1S/C18H30N2O3/c21-17(19-16-4-2-1-3-5-16)14-6-8-15(9-7-14)18(22)20-10-12-23-13-11-20/h14-16H,1-13H2,(H,19,21). The highest BCUT2D eigenvalue weighted by molar-refractivity contribution is 5.81. The third-order valence-corrected chi connectivity index (χ3v) is 5.72. The van der Waals surface area contributed by atoms with Gasteiger partial charge in [0.05, 0.1) is 13.2 Å². The molecule has 0 spiro atoms. The van der Waals surface area contributed by atoms with Gasteiger partial charge >= 0.3 is 0 Å². The average molecular weight is 322 g/mol. The number of hydrogen-bond donors (Lipinski definition) is 1. The maximum atomic E-state index is 12.5. The van der Waals surface area contributed by atoms with Gasteiger partial charge in [-0.05, 0) is 38.5 Å². The number of amides is 2. The van der Waals surface area contributed by atoms with Crippen molar-refractivity contribution in [1.29, 1.82) is 0 Å². The molecule has 3 fully saturated rings. The molecule has 1 aliphatic heterocycles. The lowest BCUT2D eigenvalue weighted by atomic mass is 9.80. The molecule has 0 aromatic rings. The Balaban J connectivity index is 1.42. The number of ether oxygens (including phenoxy) is 1. The summed E-state index contributed by atoms with van der Waals surface area (Å²) in [7, 11) is 0. The number of carbonyl (C=O) groups excluding carboxylic acids is 2. The second-order valence-corrected chi connectivity index (χ2v) is 7.33. The van der Waals surface area contributed by atoms with Crippen LogP contribution in [-0.2, 0) is 14.3 Å². The molecule has 0 aromatic heterocycles. The van der Waals surface area contributed by atoms with Crippen LogP contribution in [0, 0.1) is 11.8 Å². The first-order valence-corrected chi connectivity index (χ1v) is 9.41. The van der Waals surface area contributed by atoms with Crippen LogP contribution >= 0.6 is 0 Å². The fourth-order valence-electron chi connectivity index (χ4n) is 4.21. The lowest BCUT2D eigenvalue weighted by molar-refractivity contribution is -0.142. The van der Waals surface area contributed by atoms with E-state index in [0.717, 1.165) is 51.6 Å². The van der Waals surface area contributed by atoms with E-state index in [2.05, 4.69) is 5.32 Å². The topological polar surface area (TPSA) is 58.6 Å². The number of rotatable bonds is 3. The van der Waals surface area contributed by atoms with Gasteiger partial charge < -0.3 is 15.0 Å². The van der Waals surface area contributed by atoms with Crippen molar-refractivity contribution in [2.24, 2.45) is 11.8 Å². The highest BCUT2D eigenvalue weighted by atomic mass is 16.5. The van der Waals surface area contributed by atoms with Gasteiger partial charge in [0.25, 0.3) is 0 Å². The van der Waals surface area contributed by atoms with Crippen LogP contribution < -0.4 is 5.32 Å². The van der Waals surface area contributed by atoms with E-state index in [1.807, 2.05) is 4.90 Å². The van der Waals surface area contributed by atoms with E-state index < -0.39 is 0 Å². The Morgan fingerprint density at radius 2 is 1.43 bits per heavy atom. The van der Waals surface area contributed by atoms with Gasteiger partial charge in [0, 0.05) is 31.0 Å². The number of nitrogens with zero attached hydrogens (tertiary/aromatic N) is 1. The zero-order chi connectivity index (χ0) is 16.1. The van der Waals surface area contributed by atoms with Crippen LogP contribution in [0.15, 0.2) is 0 Å². The molecule has 1 saturated heterocycles. The lowest BCUT2D eigenvalue weighted by Crippen LogP contribution is -2.45. The van der Waals surface area contributed by atoms with Crippen LogP contribution in [0.4, 0.5) is 0 Å². The molecule has 1 heterocycles. The van der Waals surface area contributed by atoms with Crippen LogP contribution in [0.5, 0.6) is 0 Å². The summed E-state index contributed by atoms with van der Waals surface area (Å²) >= 11 is 0. The van der Waals surface area contributed by atoms with Gasteiger partial charge in [-0.1, -0.05) is 19.3 Å². The average Bonchev–Trinajstić information content (AvgIpc) is 2.63. The Kier molecular flexibility index (Phi) is 5.92. The summed E-state index contributed by atoms with van der Waals surface area (Å²) < 4.78 is 5.31. The van der Waals surface area contributed by atoms with E-state index in [1.165, 1.54) is 19.3 Å². The molecule has 5 heteroatoms. The van der Waals surface area contributed by atoms with Gasteiger partial charge in [0.2, 0.25) is 11.8 Å². The van der Waals surface area contributed by atoms with E-state index in [9.17, 15) is 9.59 Å². The highest BCUT2D eigenvalue weighted by Crippen LogP contribution is 2.31. The van der Waals surface area contributed by atoms with Crippen molar-refractivity contribution in [2.75, 3.05) is 26.3 Å². The molecule has 23 heavy (non-hydrogen) atoms.